The summed E-state index contributed by atoms with van der Waals surface area (Å²) in [6, 6.07) is 4.88. The second kappa shape index (κ2) is 15.3. The lowest BCUT2D eigenvalue weighted by atomic mass is 9.79. The molecule has 57 heavy (non-hydrogen) atoms. The van der Waals surface area contributed by atoms with Gasteiger partial charge in [-0.2, -0.15) is 0 Å². The van der Waals surface area contributed by atoms with E-state index >= 15 is 0 Å². The number of Topliss-reactive ketones (excluding diaryl/α,β-unsaturated/α-hetero) is 2. The van der Waals surface area contributed by atoms with Crippen molar-refractivity contribution in [2.24, 2.45) is 34.5 Å². The van der Waals surface area contributed by atoms with Crippen molar-refractivity contribution < 1.29 is 37.1 Å². The van der Waals surface area contributed by atoms with Gasteiger partial charge in [0.15, 0.2) is 11.5 Å². The normalized spacial score (nSPS) is 30.9. The number of hydrogen-bond acceptors (Lipinski definition) is 10. The number of sulfonamides is 1. The molecule has 12 nitrogen and oxygen atoms in total. The van der Waals surface area contributed by atoms with Crippen LogP contribution in [0, 0.1) is 34.5 Å². The fourth-order valence-corrected chi connectivity index (χ4v) is 10.6. The number of ketones is 2. The van der Waals surface area contributed by atoms with Crippen LogP contribution in [0.5, 0.6) is 11.6 Å². The summed E-state index contributed by atoms with van der Waals surface area (Å²) in [6.07, 6.45) is 9.01. The van der Waals surface area contributed by atoms with E-state index in [1.165, 1.54) is 0 Å². The Kier molecular flexibility index (Phi) is 11.1. The number of aromatic nitrogens is 1. The predicted molar refractivity (Wildman–Crippen MR) is 218 cm³/mol. The number of benzene rings is 1. The number of allylic oxidation sites excluding steroid dienone is 2. The summed E-state index contributed by atoms with van der Waals surface area (Å²) in [5.74, 6) is -0.963. The van der Waals surface area contributed by atoms with E-state index in [4.69, 9.17) is 9.47 Å². The molecule has 2 aliphatic carbocycles. The zero-order chi connectivity index (χ0) is 41.1. The number of hydrogen-bond donors (Lipinski definition) is 1. The van der Waals surface area contributed by atoms with E-state index < -0.39 is 44.2 Å². The van der Waals surface area contributed by atoms with Crippen molar-refractivity contribution in [2.75, 3.05) is 31.6 Å². The van der Waals surface area contributed by atoms with Gasteiger partial charge >= 0.3 is 0 Å². The average molecular weight is 805 g/mol. The predicted octanol–water partition coefficient (Wildman–Crippen LogP) is 6.40. The first kappa shape index (κ1) is 41.2. The number of carbonyl (C=O) groups is 4. The Balaban J connectivity index is 1.23. The minimum absolute atomic E-state index is 0.00856. The van der Waals surface area contributed by atoms with Gasteiger partial charge in [-0.25, -0.2) is 13.4 Å². The fourth-order valence-electron chi connectivity index (χ4n) is 9.29. The highest BCUT2D eigenvalue weighted by Crippen LogP contribution is 2.58. The van der Waals surface area contributed by atoms with Gasteiger partial charge in [0.2, 0.25) is 27.7 Å². The molecule has 0 radical (unpaired) electrons. The zero-order valence-electron chi connectivity index (χ0n) is 34.6. The van der Waals surface area contributed by atoms with E-state index in [9.17, 15) is 27.6 Å². The molecular weight excluding hydrogens is 745 g/mol. The lowest BCUT2D eigenvalue weighted by molar-refractivity contribution is -0.145. The van der Waals surface area contributed by atoms with Crippen LogP contribution in [0.4, 0.5) is 5.69 Å². The first-order valence-corrected chi connectivity index (χ1v) is 22.3. The number of anilines is 1. The highest BCUT2D eigenvalue weighted by molar-refractivity contribution is 7.91. The summed E-state index contributed by atoms with van der Waals surface area (Å²) in [6.45, 7) is 13.3. The molecule has 2 aromatic rings. The molecule has 0 unspecified atom stereocenters. The lowest BCUT2D eigenvalue weighted by Gasteiger charge is -2.32. The highest BCUT2D eigenvalue weighted by atomic mass is 32.2. The SMILES string of the molecule is C[C@@H]1CC/C=C\[C@@H]2C[C@@]2(C(=O)NS(=O)(=O)C2(C)CC2)CC(=O)[C@@H]2C[C@@H](Oc3nccc4c5c(ccc34)N(C)CCO5)CN2C(=O)[C@@H](CC(=O)CC(C)(C)C)[C@H](C)C1. The van der Waals surface area contributed by atoms with E-state index in [1.807, 2.05) is 65.1 Å². The number of ether oxygens (including phenoxy) is 2. The van der Waals surface area contributed by atoms with Gasteiger partial charge in [0, 0.05) is 55.6 Å². The molecule has 1 aromatic heterocycles. The molecule has 0 bridgehead atoms. The first-order valence-electron chi connectivity index (χ1n) is 20.8. The second-order valence-corrected chi connectivity index (χ2v) is 21.5. The minimum atomic E-state index is -3.94. The number of amides is 2. The molecule has 310 valence electrons. The van der Waals surface area contributed by atoms with E-state index in [1.54, 1.807) is 18.0 Å². The van der Waals surface area contributed by atoms with Gasteiger partial charge < -0.3 is 19.3 Å². The smallest absolute Gasteiger partial charge is 0.240 e. The van der Waals surface area contributed by atoms with Gasteiger partial charge in [-0.1, -0.05) is 46.8 Å². The van der Waals surface area contributed by atoms with Crippen LogP contribution < -0.4 is 19.1 Å². The van der Waals surface area contributed by atoms with Crippen LogP contribution >= 0.6 is 0 Å². The van der Waals surface area contributed by atoms with Crippen molar-refractivity contribution in [1.82, 2.24) is 14.6 Å². The van der Waals surface area contributed by atoms with E-state index in [0.29, 0.717) is 38.2 Å². The Hall–Kier alpha value is -4.00. The largest absolute Gasteiger partial charge is 0.489 e. The van der Waals surface area contributed by atoms with Crippen molar-refractivity contribution >= 4 is 49.9 Å². The topological polar surface area (TPSA) is 152 Å². The van der Waals surface area contributed by atoms with Crippen molar-refractivity contribution in [3.63, 3.8) is 0 Å². The van der Waals surface area contributed by atoms with Gasteiger partial charge in [0.05, 0.1) is 35.0 Å². The third kappa shape index (κ3) is 8.45. The maximum absolute atomic E-state index is 15.0. The number of nitrogens with zero attached hydrogens (tertiary/aromatic N) is 3. The van der Waals surface area contributed by atoms with E-state index in [2.05, 4.69) is 21.5 Å². The number of nitrogens with one attached hydrogen (secondary N) is 1. The zero-order valence-corrected chi connectivity index (χ0v) is 35.5. The molecule has 3 fully saturated rings. The Morgan fingerprint density at radius 1 is 1.09 bits per heavy atom. The lowest BCUT2D eigenvalue weighted by Crippen LogP contribution is -2.48. The molecule has 2 amide bonds. The summed E-state index contributed by atoms with van der Waals surface area (Å²) in [4.78, 5) is 65.7. The molecular formula is C44H60N4O8S. The Morgan fingerprint density at radius 3 is 2.56 bits per heavy atom. The molecule has 7 rings (SSSR count). The summed E-state index contributed by atoms with van der Waals surface area (Å²) in [5.41, 5.74) is -0.530. The van der Waals surface area contributed by atoms with E-state index in [0.717, 1.165) is 48.0 Å². The molecule has 4 heterocycles. The van der Waals surface area contributed by atoms with Crippen LogP contribution in [0.2, 0.25) is 0 Å². The third-order valence-electron chi connectivity index (χ3n) is 13.2. The van der Waals surface area contributed by atoms with Crippen LogP contribution in [0.3, 0.4) is 0 Å². The van der Waals surface area contributed by atoms with Crippen LogP contribution in [0.1, 0.15) is 106 Å². The number of carbonyl (C=O) groups excluding carboxylic acids is 4. The average Bonchev–Trinajstić information content (AvgIpc) is 4.01. The molecule has 13 heteroatoms. The standard InChI is InChI=1S/C44H60N4O8S/c1-27-10-8-9-11-29-23-44(29,41(52)46-57(53,54)43(6)15-16-43)25-37(50)36-22-31(26-48(36)40(51)34(28(2)20-27)21-30(49)24-42(3,4)5)56-39-33-12-13-35-38(32(33)14-17-45-39)55-19-18-47(35)7/h9,11-14,17,27-29,31,34,36H,8,10,15-16,18-26H2,1-7H3,(H,46,52)/b11-9-/t27-,28-,29-,31-,34+,36+,44-/m1/s1. The summed E-state index contributed by atoms with van der Waals surface area (Å²) in [5, 5.41) is 1.59. The van der Waals surface area contributed by atoms with Gasteiger partial charge in [-0.3, -0.25) is 23.9 Å². The number of fused-ring (bicyclic) bond motifs is 5. The van der Waals surface area contributed by atoms with Crippen molar-refractivity contribution in [2.45, 2.75) is 123 Å². The highest BCUT2D eigenvalue weighted by Gasteiger charge is 2.62. The number of rotatable bonds is 8. The maximum atomic E-state index is 15.0. The molecule has 0 spiro atoms. The molecule has 1 N–H and O–H groups in total. The Bertz CT molecular complexity index is 2070. The Morgan fingerprint density at radius 2 is 1.84 bits per heavy atom. The first-order chi connectivity index (χ1) is 26.8. The van der Waals surface area contributed by atoms with Crippen LogP contribution in [-0.2, 0) is 29.2 Å². The monoisotopic (exact) mass is 804 g/mol. The van der Waals surface area contributed by atoms with Gasteiger partial charge in [-0.15, -0.1) is 0 Å². The van der Waals surface area contributed by atoms with Gasteiger partial charge in [0.1, 0.15) is 18.5 Å². The molecule has 2 saturated carbocycles. The fraction of sp³-hybridized carbons (Fsp3) is 0.659. The molecule has 3 aliphatic heterocycles. The molecule has 1 aromatic carbocycles. The second-order valence-electron chi connectivity index (χ2n) is 19.3. The van der Waals surface area contributed by atoms with Crippen LogP contribution in [0.15, 0.2) is 36.5 Å². The van der Waals surface area contributed by atoms with Crippen molar-refractivity contribution in [1.29, 1.82) is 0 Å². The Labute approximate surface area is 337 Å². The number of likely N-dealkylation sites (N-methyl/N-ethyl adjacent to an activating group) is 1. The molecule has 7 atom stereocenters. The van der Waals surface area contributed by atoms with Crippen LogP contribution in [0.25, 0.3) is 10.8 Å². The summed E-state index contributed by atoms with van der Waals surface area (Å²) in [7, 11) is -1.92. The molecule has 5 aliphatic rings. The van der Waals surface area contributed by atoms with Crippen molar-refractivity contribution in [3.8, 4) is 11.6 Å². The summed E-state index contributed by atoms with van der Waals surface area (Å²) < 4.78 is 40.6. The number of pyridine rings is 1. The quantitative estimate of drug-likeness (QED) is 0.297. The van der Waals surface area contributed by atoms with E-state index in [-0.39, 0.29) is 66.4 Å². The third-order valence-corrected chi connectivity index (χ3v) is 15.3. The minimum Gasteiger partial charge on any atom is -0.489 e. The van der Waals surface area contributed by atoms with Gasteiger partial charge in [0.25, 0.3) is 0 Å². The molecule has 1 saturated heterocycles. The summed E-state index contributed by atoms with van der Waals surface area (Å²) >= 11 is 0. The van der Waals surface area contributed by atoms with Crippen molar-refractivity contribution in [3.05, 3.63) is 36.5 Å². The maximum Gasteiger partial charge on any atom is 0.240 e. The van der Waals surface area contributed by atoms with Gasteiger partial charge in [-0.05, 0) is 86.8 Å². The van der Waals surface area contributed by atoms with Crippen LogP contribution in [-0.4, -0.2) is 85.3 Å².